The Labute approximate surface area is 90.2 Å². The van der Waals surface area contributed by atoms with Crippen molar-refractivity contribution in [2.75, 3.05) is 0 Å². The number of aryl methyl sites for hydroxylation is 1. The van der Waals surface area contributed by atoms with Crippen LogP contribution in [-0.4, -0.2) is 17.1 Å². The maximum atomic E-state index is 12.2. The van der Waals surface area contributed by atoms with Gasteiger partial charge < -0.3 is 17.6 Å². The molecule has 0 fully saturated rings. The number of oxime groups is 1. The van der Waals surface area contributed by atoms with Crippen molar-refractivity contribution in [3.05, 3.63) is 30.1 Å². The zero-order valence-electron chi connectivity index (χ0n) is 7.66. The predicted molar refractivity (Wildman–Crippen MR) is 42.0 cm³/mol. The van der Waals surface area contributed by atoms with Crippen molar-refractivity contribution in [3.8, 4) is 0 Å². The van der Waals surface area contributed by atoms with E-state index in [4.69, 9.17) is 5.21 Å². The minimum absolute atomic E-state index is 0. The van der Waals surface area contributed by atoms with Crippen LogP contribution in [0.4, 0.5) is 13.2 Å². The van der Waals surface area contributed by atoms with Gasteiger partial charge in [-0.2, -0.15) is 13.2 Å². The molecule has 0 bridgehead atoms. The Morgan fingerprint density at radius 2 is 1.80 bits per heavy atom. The Bertz CT molecular complexity index is 348. The van der Waals surface area contributed by atoms with Gasteiger partial charge in [0.25, 0.3) is 0 Å². The summed E-state index contributed by atoms with van der Waals surface area (Å²) < 4.78 is 38.2. The molecule has 0 saturated heterocycles. The first-order chi connectivity index (χ1) is 6.45. The molecular formula is C8H8ClF3N2O. The van der Waals surface area contributed by atoms with E-state index < -0.39 is 11.9 Å². The Hall–Kier alpha value is -1.30. The highest BCUT2D eigenvalue weighted by atomic mass is 35.5. The molecular weight excluding hydrogens is 233 g/mol. The third-order valence-electron chi connectivity index (χ3n) is 1.62. The summed E-state index contributed by atoms with van der Waals surface area (Å²) in [6.45, 7) is 0. The van der Waals surface area contributed by atoms with E-state index in [1.807, 2.05) is 0 Å². The number of nitrogens with zero attached hydrogens (tertiary/aromatic N) is 2. The minimum Gasteiger partial charge on any atom is -1.00 e. The Morgan fingerprint density at radius 1 is 1.33 bits per heavy atom. The van der Waals surface area contributed by atoms with Crippen LogP contribution in [-0.2, 0) is 7.05 Å². The second kappa shape index (κ2) is 4.97. The standard InChI is InChI=1S/C8H7F3N2O.ClH/c1-13-4-2-6(3-5-13)7(12-14)8(9,10)11;/h2-5H,1H3;1H. The lowest BCUT2D eigenvalue weighted by Gasteiger charge is -2.06. The van der Waals surface area contributed by atoms with Crippen LogP contribution >= 0.6 is 0 Å². The lowest BCUT2D eigenvalue weighted by Crippen LogP contribution is -3.00. The zero-order chi connectivity index (χ0) is 10.8. The van der Waals surface area contributed by atoms with E-state index in [-0.39, 0.29) is 18.0 Å². The topological polar surface area (TPSA) is 36.5 Å². The average molecular weight is 241 g/mol. The molecule has 3 nitrogen and oxygen atoms in total. The molecule has 1 aromatic rings. The summed E-state index contributed by atoms with van der Waals surface area (Å²) in [5.74, 6) is 0. The Balaban J connectivity index is 0.00000196. The van der Waals surface area contributed by atoms with Gasteiger partial charge in [0.15, 0.2) is 18.1 Å². The fraction of sp³-hybridized carbons (Fsp3) is 0.250. The van der Waals surface area contributed by atoms with E-state index in [0.717, 1.165) is 0 Å². The molecule has 0 spiro atoms. The van der Waals surface area contributed by atoms with Crippen LogP contribution in [0.1, 0.15) is 5.56 Å². The smallest absolute Gasteiger partial charge is 0.437 e. The van der Waals surface area contributed by atoms with Gasteiger partial charge >= 0.3 is 6.18 Å². The van der Waals surface area contributed by atoms with Gasteiger partial charge in [0, 0.05) is 17.7 Å². The van der Waals surface area contributed by atoms with Gasteiger partial charge in [0.05, 0.1) is 0 Å². The summed E-state index contributed by atoms with van der Waals surface area (Å²) in [5, 5.41) is 10.5. The maximum absolute atomic E-state index is 12.2. The van der Waals surface area contributed by atoms with E-state index in [9.17, 15) is 13.2 Å². The Kier molecular flexibility index (Phi) is 4.54. The van der Waals surface area contributed by atoms with E-state index in [1.165, 1.54) is 24.5 Å². The molecule has 0 unspecified atom stereocenters. The molecule has 1 heterocycles. The first kappa shape index (κ1) is 13.7. The van der Waals surface area contributed by atoms with Crippen LogP contribution in [0, 0.1) is 0 Å². The van der Waals surface area contributed by atoms with Gasteiger partial charge in [-0.15, -0.1) is 0 Å². The minimum atomic E-state index is -4.64. The maximum Gasteiger partial charge on any atom is 0.437 e. The highest BCUT2D eigenvalue weighted by Gasteiger charge is 2.37. The number of rotatable bonds is 1. The summed E-state index contributed by atoms with van der Waals surface area (Å²) in [5.41, 5.74) is -1.46. The molecule has 15 heavy (non-hydrogen) atoms. The summed E-state index contributed by atoms with van der Waals surface area (Å²) in [6.07, 6.45) is -1.77. The highest BCUT2D eigenvalue weighted by Crippen LogP contribution is 2.21. The van der Waals surface area contributed by atoms with Gasteiger partial charge in [0.1, 0.15) is 7.05 Å². The first-order valence-corrected chi connectivity index (χ1v) is 3.70. The highest BCUT2D eigenvalue weighted by molar-refractivity contribution is 6.03. The first-order valence-electron chi connectivity index (χ1n) is 3.70. The van der Waals surface area contributed by atoms with Crippen molar-refractivity contribution >= 4 is 5.71 Å². The number of aromatic nitrogens is 1. The van der Waals surface area contributed by atoms with Crippen LogP contribution in [0.25, 0.3) is 0 Å². The van der Waals surface area contributed by atoms with Gasteiger partial charge in [0.2, 0.25) is 0 Å². The molecule has 0 aliphatic rings. The van der Waals surface area contributed by atoms with Crippen molar-refractivity contribution in [2.24, 2.45) is 12.2 Å². The third kappa shape index (κ3) is 3.39. The average Bonchev–Trinajstić information content (AvgIpc) is 2.07. The fourth-order valence-corrected chi connectivity index (χ4v) is 0.937. The van der Waals surface area contributed by atoms with Crippen molar-refractivity contribution in [1.29, 1.82) is 0 Å². The number of alkyl halides is 3. The van der Waals surface area contributed by atoms with Crippen molar-refractivity contribution in [1.82, 2.24) is 0 Å². The molecule has 1 rings (SSSR count). The molecule has 7 heteroatoms. The van der Waals surface area contributed by atoms with E-state index in [0.29, 0.717) is 0 Å². The summed E-state index contributed by atoms with van der Waals surface area (Å²) >= 11 is 0. The molecule has 0 radical (unpaired) electrons. The number of pyridine rings is 1. The normalized spacial score (nSPS) is 12.1. The second-order valence-corrected chi connectivity index (χ2v) is 2.70. The summed E-state index contributed by atoms with van der Waals surface area (Å²) in [6, 6.07) is 2.45. The quantitative estimate of drug-likeness (QED) is 0.269. The number of hydrogen-bond donors (Lipinski definition) is 1. The van der Waals surface area contributed by atoms with Crippen molar-refractivity contribution < 1.29 is 35.4 Å². The molecule has 0 aromatic carbocycles. The number of hydrogen-bond acceptors (Lipinski definition) is 2. The molecule has 84 valence electrons. The van der Waals surface area contributed by atoms with E-state index in [2.05, 4.69) is 5.16 Å². The van der Waals surface area contributed by atoms with Crippen LogP contribution in [0.5, 0.6) is 0 Å². The van der Waals surface area contributed by atoms with Crippen LogP contribution < -0.4 is 17.0 Å². The van der Waals surface area contributed by atoms with Crippen LogP contribution in [0.15, 0.2) is 29.7 Å². The van der Waals surface area contributed by atoms with Crippen LogP contribution in [0.2, 0.25) is 0 Å². The van der Waals surface area contributed by atoms with Crippen molar-refractivity contribution in [3.63, 3.8) is 0 Å². The SMILES string of the molecule is C[n+]1ccc(/C(=N\O)C(F)(F)F)cc1.[Cl-]. The van der Waals surface area contributed by atoms with E-state index >= 15 is 0 Å². The number of halogens is 4. The molecule has 0 aliphatic carbocycles. The van der Waals surface area contributed by atoms with Crippen molar-refractivity contribution in [2.45, 2.75) is 6.18 Å². The van der Waals surface area contributed by atoms with Gasteiger partial charge in [-0.1, -0.05) is 5.16 Å². The molecule has 0 saturated carbocycles. The Morgan fingerprint density at radius 3 is 2.13 bits per heavy atom. The predicted octanol–water partition coefficient (Wildman–Crippen LogP) is -1.74. The summed E-state index contributed by atoms with van der Waals surface area (Å²) in [4.78, 5) is 0. The second-order valence-electron chi connectivity index (χ2n) is 2.70. The largest absolute Gasteiger partial charge is 1.00 e. The fourth-order valence-electron chi connectivity index (χ4n) is 0.937. The lowest BCUT2D eigenvalue weighted by molar-refractivity contribution is -0.671. The molecule has 0 aliphatic heterocycles. The van der Waals surface area contributed by atoms with E-state index in [1.54, 1.807) is 11.6 Å². The zero-order valence-corrected chi connectivity index (χ0v) is 8.42. The van der Waals surface area contributed by atoms with Gasteiger partial charge in [-0.3, -0.25) is 0 Å². The van der Waals surface area contributed by atoms with Gasteiger partial charge in [-0.05, 0) is 0 Å². The molecule has 1 N–H and O–H groups in total. The molecule has 0 amide bonds. The monoisotopic (exact) mass is 240 g/mol. The summed E-state index contributed by atoms with van der Waals surface area (Å²) in [7, 11) is 1.67. The molecule has 1 aromatic heterocycles. The van der Waals surface area contributed by atoms with Gasteiger partial charge in [-0.25, -0.2) is 4.57 Å². The van der Waals surface area contributed by atoms with Crippen LogP contribution in [0.3, 0.4) is 0 Å². The lowest BCUT2D eigenvalue weighted by atomic mass is 10.1. The molecule has 0 atom stereocenters. The third-order valence-corrected chi connectivity index (χ3v) is 1.62.